The maximum atomic E-state index is 11.8. The molecule has 1 fully saturated rings. The molecule has 2 rings (SSSR count). The fraction of sp³-hybridized carbons (Fsp3) is 0.625. The maximum Gasteiger partial charge on any atom is 0.165 e. The first-order valence-electron chi connectivity index (χ1n) is 7.08. The largest absolute Gasteiger partial charge is 0.377 e. The molecule has 4 heteroatoms. The number of rotatable bonds is 1. The van der Waals surface area contributed by atoms with Crippen LogP contribution in [0.3, 0.4) is 0 Å². The van der Waals surface area contributed by atoms with Gasteiger partial charge in [-0.05, 0) is 25.3 Å². The molecular formula is C16H22O3Si. The molecule has 0 aromatic heterocycles. The van der Waals surface area contributed by atoms with Crippen molar-refractivity contribution in [2.24, 2.45) is 11.3 Å². The van der Waals surface area contributed by atoms with Crippen LogP contribution in [0.15, 0.2) is 11.6 Å². The average Bonchev–Trinajstić information content (AvgIpc) is 2.59. The fourth-order valence-electron chi connectivity index (χ4n) is 3.09. The Morgan fingerprint density at radius 1 is 1.45 bits per heavy atom. The van der Waals surface area contributed by atoms with E-state index >= 15 is 0 Å². The van der Waals surface area contributed by atoms with Gasteiger partial charge in [0, 0.05) is 5.41 Å². The van der Waals surface area contributed by atoms with Gasteiger partial charge in [-0.3, -0.25) is 4.79 Å². The van der Waals surface area contributed by atoms with Crippen molar-refractivity contribution in [3.05, 3.63) is 11.6 Å². The average molecular weight is 290 g/mol. The van der Waals surface area contributed by atoms with Crippen LogP contribution in [0.1, 0.15) is 26.2 Å². The van der Waals surface area contributed by atoms with Crippen LogP contribution < -0.4 is 0 Å². The zero-order valence-electron chi connectivity index (χ0n) is 12.6. The molecular weight excluding hydrogens is 268 g/mol. The number of carbonyl (C=O) groups excluding carboxylic acids is 2. The Labute approximate surface area is 121 Å². The molecule has 0 aromatic rings. The van der Waals surface area contributed by atoms with E-state index in [-0.39, 0.29) is 5.78 Å². The molecule has 0 heterocycles. The SMILES string of the molecule is C[C@]12CC(C=O)C(=O)C=C1CC[C@@]2(O)C#C[Si](C)(C)C. The molecule has 20 heavy (non-hydrogen) atoms. The Morgan fingerprint density at radius 3 is 2.65 bits per heavy atom. The van der Waals surface area contributed by atoms with E-state index in [1.54, 1.807) is 6.08 Å². The van der Waals surface area contributed by atoms with Gasteiger partial charge in [0.1, 0.15) is 20.0 Å². The Bertz CT molecular complexity index is 546. The lowest BCUT2D eigenvalue weighted by Gasteiger charge is -2.40. The molecule has 3 atom stereocenters. The van der Waals surface area contributed by atoms with E-state index in [0.717, 1.165) is 5.57 Å². The van der Waals surface area contributed by atoms with Gasteiger partial charge in [-0.1, -0.05) is 38.1 Å². The molecule has 1 saturated carbocycles. The van der Waals surface area contributed by atoms with Crippen molar-refractivity contribution in [3.63, 3.8) is 0 Å². The molecule has 1 N–H and O–H groups in total. The third kappa shape index (κ3) is 2.41. The molecule has 0 spiro atoms. The lowest BCUT2D eigenvalue weighted by Crippen LogP contribution is -2.46. The molecule has 0 aromatic carbocycles. The van der Waals surface area contributed by atoms with Crippen LogP contribution in [0.4, 0.5) is 0 Å². The standard InChI is InChI=1S/C16H22O3Si/c1-15-10-12(11-17)14(18)9-13(15)5-6-16(15,19)7-8-20(2,3)4/h9,11-12,19H,5-6,10H2,1-4H3/t12?,15-,16+/m0/s1. The number of carbonyl (C=O) groups is 2. The normalized spacial score (nSPS) is 36.8. The first-order valence-corrected chi connectivity index (χ1v) is 10.6. The summed E-state index contributed by atoms with van der Waals surface area (Å²) in [5.74, 6) is 2.33. The number of fused-ring (bicyclic) bond motifs is 1. The summed E-state index contributed by atoms with van der Waals surface area (Å²) in [5, 5.41) is 11.0. The number of hydrogen-bond acceptors (Lipinski definition) is 3. The summed E-state index contributed by atoms with van der Waals surface area (Å²) in [4.78, 5) is 22.9. The van der Waals surface area contributed by atoms with Gasteiger partial charge >= 0.3 is 0 Å². The molecule has 0 saturated heterocycles. The van der Waals surface area contributed by atoms with Gasteiger partial charge in [-0.25, -0.2) is 0 Å². The monoisotopic (exact) mass is 290 g/mol. The van der Waals surface area contributed by atoms with Gasteiger partial charge in [-0.15, -0.1) is 5.54 Å². The molecule has 0 aliphatic heterocycles. The summed E-state index contributed by atoms with van der Waals surface area (Å²) in [5.41, 5.74) is 2.52. The Balaban J connectivity index is 2.44. The number of allylic oxidation sites excluding steroid dienone is 1. The van der Waals surface area contributed by atoms with E-state index in [1.165, 1.54) is 0 Å². The number of ketones is 1. The van der Waals surface area contributed by atoms with Crippen LogP contribution in [0, 0.1) is 22.8 Å². The second-order valence-electron chi connectivity index (χ2n) is 7.21. The van der Waals surface area contributed by atoms with Gasteiger partial charge in [0.25, 0.3) is 0 Å². The maximum absolute atomic E-state index is 11.8. The second kappa shape index (κ2) is 4.68. The summed E-state index contributed by atoms with van der Waals surface area (Å²) in [7, 11) is -1.58. The predicted octanol–water partition coefficient (Wildman–Crippen LogP) is 2.11. The van der Waals surface area contributed by atoms with Gasteiger partial charge in [0.15, 0.2) is 5.78 Å². The zero-order chi connectivity index (χ0) is 15.2. The van der Waals surface area contributed by atoms with Gasteiger partial charge in [0.05, 0.1) is 5.92 Å². The third-order valence-electron chi connectivity index (χ3n) is 4.50. The Hall–Kier alpha value is -1.18. The van der Waals surface area contributed by atoms with E-state index in [0.29, 0.717) is 25.5 Å². The quantitative estimate of drug-likeness (QED) is 0.348. The highest BCUT2D eigenvalue weighted by Gasteiger charge is 2.56. The Morgan fingerprint density at radius 2 is 2.10 bits per heavy atom. The summed E-state index contributed by atoms with van der Waals surface area (Å²) < 4.78 is 0. The first kappa shape index (κ1) is 15.2. The number of aliphatic hydroxyl groups is 1. The second-order valence-corrected chi connectivity index (χ2v) is 12.0. The van der Waals surface area contributed by atoms with Crippen LogP contribution >= 0.6 is 0 Å². The van der Waals surface area contributed by atoms with Gasteiger partial charge < -0.3 is 9.90 Å². The van der Waals surface area contributed by atoms with Crippen molar-refractivity contribution < 1.29 is 14.7 Å². The molecule has 2 aliphatic carbocycles. The van der Waals surface area contributed by atoms with Crippen LogP contribution in [-0.2, 0) is 9.59 Å². The lowest BCUT2D eigenvalue weighted by atomic mass is 9.65. The molecule has 0 bridgehead atoms. The van der Waals surface area contributed by atoms with Crippen molar-refractivity contribution >= 4 is 20.1 Å². The minimum absolute atomic E-state index is 0.130. The van der Waals surface area contributed by atoms with Crippen molar-refractivity contribution in [1.29, 1.82) is 0 Å². The van der Waals surface area contributed by atoms with E-state index in [9.17, 15) is 14.7 Å². The molecule has 3 nitrogen and oxygen atoms in total. The van der Waals surface area contributed by atoms with Crippen molar-refractivity contribution in [3.8, 4) is 11.5 Å². The predicted molar refractivity (Wildman–Crippen MR) is 80.7 cm³/mol. The summed E-state index contributed by atoms with van der Waals surface area (Å²) in [6.07, 6.45) is 3.87. The molecule has 1 unspecified atom stereocenters. The third-order valence-corrected chi connectivity index (χ3v) is 5.37. The topological polar surface area (TPSA) is 54.4 Å². The van der Waals surface area contributed by atoms with Crippen molar-refractivity contribution in [2.45, 2.75) is 51.4 Å². The zero-order valence-corrected chi connectivity index (χ0v) is 13.6. The van der Waals surface area contributed by atoms with Gasteiger partial charge in [0.2, 0.25) is 0 Å². The van der Waals surface area contributed by atoms with E-state index in [2.05, 4.69) is 31.1 Å². The Kier molecular flexibility index (Phi) is 3.56. The minimum atomic E-state index is -1.58. The first-order chi connectivity index (χ1) is 9.11. The summed E-state index contributed by atoms with van der Waals surface area (Å²) in [6, 6.07) is 0. The number of hydrogen-bond donors (Lipinski definition) is 1. The fourth-order valence-corrected chi connectivity index (χ4v) is 3.67. The lowest BCUT2D eigenvalue weighted by molar-refractivity contribution is -0.127. The van der Waals surface area contributed by atoms with Crippen molar-refractivity contribution in [1.82, 2.24) is 0 Å². The molecule has 2 aliphatic rings. The highest BCUT2D eigenvalue weighted by molar-refractivity contribution is 6.83. The molecule has 108 valence electrons. The smallest absolute Gasteiger partial charge is 0.165 e. The van der Waals surface area contributed by atoms with Crippen molar-refractivity contribution in [2.75, 3.05) is 0 Å². The molecule has 0 amide bonds. The van der Waals surface area contributed by atoms with E-state index < -0.39 is 25.0 Å². The highest BCUT2D eigenvalue weighted by Crippen LogP contribution is 2.55. The minimum Gasteiger partial charge on any atom is -0.377 e. The number of aldehydes is 1. The van der Waals surface area contributed by atoms with Crippen LogP contribution in [0.5, 0.6) is 0 Å². The van der Waals surface area contributed by atoms with Crippen LogP contribution in [0.2, 0.25) is 19.6 Å². The van der Waals surface area contributed by atoms with E-state index in [4.69, 9.17) is 0 Å². The van der Waals surface area contributed by atoms with Gasteiger partial charge in [-0.2, -0.15) is 0 Å². The highest BCUT2D eigenvalue weighted by atomic mass is 28.3. The molecule has 0 radical (unpaired) electrons. The van der Waals surface area contributed by atoms with E-state index in [1.807, 2.05) is 6.92 Å². The van der Waals surface area contributed by atoms with Crippen LogP contribution in [-0.4, -0.2) is 30.9 Å². The summed E-state index contributed by atoms with van der Waals surface area (Å²) in [6.45, 7) is 8.34. The summed E-state index contributed by atoms with van der Waals surface area (Å²) >= 11 is 0. The van der Waals surface area contributed by atoms with Crippen LogP contribution in [0.25, 0.3) is 0 Å².